The molecule has 1 aromatic rings. The van der Waals surface area contributed by atoms with Crippen LogP contribution in [0.3, 0.4) is 0 Å². The first-order valence-corrected chi connectivity index (χ1v) is 10.8. The number of hydrogen-bond donors (Lipinski definition) is 2. The molecule has 2 saturated heterocycles. The van der Waals surface area contributed by atoms with Gasteiger partial charge in [0.1, 0.15) is 5.54 Å². The normalized spacial score (nSPS) is 25.1. The molecule has 158 valence electrons. The van der Waals surface area contributed by atoms with Crippen LogP contribution in [0.4, 0.5) is 5.69 Å². The summed E-state index contributed by atoms with van der Waals surface area (Å²) < 4.78 is 0. The Balaban J connectivity index is 1.29. The zero-order chi connectivity index (χ0) is 20.9. The number of likely N-dealkylation sites (tertiary alicyclic amines) is 1. The molecule has 1 aromatic carbocycles. The van der Waals surface area contributed by atoms with E-state index in [1.165, 1.54) is 0 Å². The maximum absolute atomic E-state index is 12.7. The van der Waals surface area contributed by atoms with E-state index in [1.54, 1.807) is 0 Å². The Hall–Kier alpha value is -2.08. The van der Waals surface area contributed by atoms with Crippen LogP contribution in [0.5, 0.6) is 0 Å². The SMILES string of the molecule is CC1(C)C(C(=O)NCCN2CCC3(CC2)C(=O)NCN3c2ccccc2)C1(C)C. The van der Waals surface area contributed by atoms with Crippen molar-refractivity contribution in [1.82, 2.24) is 15.5 Å². The van der Waals surface area contributed by atoms with Crippen LogP contribution < -0.4 is 15.5 Å². The number of amides is 2. The number of rotatable bonds is 5. The van der Waals surface area contributed by atoms with E-state index in [9.17, 15) is 9.59 Å². The molecular weight excluding hydrogens is 364 g/mol. The van der Waals surface area contributed by atoms with E-state index in [1.807, 2.05) is 18.2 Å². The summed E-state index contributed by atoms with van der Waals surface area (Å²) >= 11 is 0. The summed E-state index contributed by atoms with van der Waals surface area (Å²) in [5.41, 5.74) is 0.806. The summed E-state index contributed by atoms with van der Waals surface area (Å²) in [5.74, 6) is 0.424. The smallest absolute Gasteiger partial charge is 0.247 e. The molecule has 6 nitrogen and oxygen atoms in total. The molecule has 2 aliphatic heterocycles. The Morgan fingerprint density at radius 3 is 2.31 bits per heavy atom. The summed E-state index contributed by atoms with van der Waals surface area (Å²) in [5, 5.41) is 6.19. The van der Waals surface area contributed by atoms with Crippen LogP contribution in [-0.4, -0.2) is 55.1 Å². The lowest BCUT2D eigenvalue weighted by atomic mass is 9.85. The van der Waals surface area contributed by atoms with Gasteiger partial charge in [0.15, 0.2) is 0 Å². The van der Waals surface area contributed by atoms with Crippen molar-refractivity contribution < 1.29 is 9.59 Å². The lowest BCUT2D eigenvalue weighted by molar-refractivity contribution is -0.125. The lowest BCUT2D eigenvalue weighted by Gasteiger charge is -2.43. The van der Waals surface area contributed by atoms with Crippen LogP contribution in [0.25, 0.3) is 0 Å². The van der Waals surface area contributed by atoms with E-state index in [4.69, 9.17) is 0 Å². The Morgan fingerprint density at radius 1 is 1.10 bits per heavy atom. The fourth-order valence-corrected chi connectivity index (χ4v) is 5.47. The topological polar surface area (TPSA) is 64.7 Å². The maximum Gasteiger partial charge on any atom is 0.247 e. The van der Waals surface area contributed by atoms with Crippen molar-refractivity contribution in [3.8, 4) is 0 Å². The van der Waals surface area contributed by atoms with Gasteiger partial charge in [-0.3, -0.25) is 9.59 Å². The zero-order valence-electron chi connectivity index (χ0n) is 18.1. The first-order chi connectivity index (χ1) is 13.7. The fourth-order valence-electron chi connectivity index (χ4n) is 5.47. The molecule has 2 amide bonds. The summed E-state index contributed by atoms with van der Waals surface area (Å²) in [4.78, 5) is 29.8. The molecule has 3 aliphatic rings. The second-order valence-electron chi connectivity index (χ2n) is 9.97. The number of nitrogens with one attached hydrogen (secondary N) is 2. The van der Waals surface area contributed by atoms with Crippen LogP contribution in [0.15, 0.2) is 30.3 Å². The number of carbonyl (C=O) groups excluding carboxylic acids is 2. The molecule has 3 fully saturated rings. The first-order valence-electron chi connectivity index (χ1n) is 10.8. The molecule has 1 spiro atoms. The third kappa shape index (κ3) is 3.21. The van der Waals surface area contributed by atoms with Crippen LogP contribution in [0.2, 0.25) is 0 Å². The van der Waals surface area contributed by atoms with Crippen LogP contribution in [0.1, 0.15) is 40.5 Å². The lowest BCUT2D eigenvalue weighted by Crippen LogP contribution is -2.57. The maximum atomic E-state index is 12.7. The van der Waals surface area contributed by atoms with Gasteiger partial charge in [-0.15, -0.1) is 0 Å². The van der Waals surface area contributed by atoms with E-state index < -0.39 is 5.54 Å². The van der Waals surface area contributed by atoms with Crippen molar-refractivity contribution in [3.05, 3.63) is 30.3 Å². The van der Waals surface area contributed by atoms with Gasteiger partial charge in [-0.05, 0) is 35.8 Å². The minimum absolute atomic E-state index is 0.0747. The summed E-state index contributed by atoms with van der Waals surface area (Å²) in [6.45, 7) is 12.5. The van der Waals surface area contributed by atoms with Crippen LogP contribution in [-0.2, 0) is 9.59 Å². The largest absolute Gasteiger partial charge is 0.355 e. The molecule has 4 rings (SSSR count). The Kier molecular flexibility index (Phi) is 4.88. The highest BCUT2D eigenvalue weighted by Crippen LogP contribution is 2.68. The van der Waals surface area contributed by atoms with E-state index in [2.05, 4.69) is 60.3 Å². The number of benzene rings is 1. The average molecular weight is 399 g/mol. The highest BCUT2D eigenvalue weighted by molar-refractivity contribution is 5.93. The van der Waals surface area contributed by atoms with Gasteiger partial charge in [0.25, 0.3) is 0 Å². The standard InChI is InChI=1S/C23H34N4O2/c1-21(2)18(22(21,3)4)19(28)24-12-15-26-13-10-23(11-14-26)20(29)25-16-27(23)17-8-6-5-7-9-17/h5-9,18H,10-16H2,1-4H3,(H,24,28)(H,25,29). The van der Waals surface area contributed by atoms with Gasteiger partial charge in [-0.2, -0.15) is 0 Å². The minimum Gasteiger partial charge on any atom is -0.355 e. The number of para-hydroxylation sites is 1. The van der Waals surface area contributed by atoms with Gasteiger partial charge in [-0.1, -0.05) is 45.9 Å². The Bertz CT molecular complexity index is 767. The van der Waals surface area contributed by atoms with Crippen molar-refractivity contribution in [3.63, 3.8) is 0 Å². The van der Waals surface area contributed by atoms with E-state index in [-0.39, 0.29) is 28.6 Å². The third-order valence-electron chi connectivity index (χ3n) is 8.10. The summed E-state index contributed by atoms with van der Waals surface area (Å²) in [6, 6.07) is 10.2. The molecule has 29 heavy (non-hydrogen) atoms. The van der Waals surface area contributed by atoms with Crippen LogP contribution >= 0.6 is 0 Å². The first kappa shape index (κ1) is 20.2. The summed E-state index contributed by atoms with van der Waals surface area (Å²) in [7, 11) is 0. The predicted octanol–water partition coefficient (Wildman–Crippen LogP) is 2.21. The van der Waals surface area contributed by atoms with E-state index in [0.29, 0.717) is 13.2 Å². The van der Waals surface area contributed by atoms with E-state index >= 15 is 0 Å². The molecule has 0 bridgehead atoms. The fraction of sp³-hybridized carbons (Fsp3) is 0.652. The van der Waals surface area contributed by atoms with E-state index in [0.717, 1.165) is 38.2 Å². The van der Waals surface area contributed by atoms with Gasteiger partial charge in [-0.25, -0.2) is 0 Å². The van der Waals surface area contributed by atoms with Gasteiger partial charge in [0, 0.05) is 37.8 Å². The molecule has 1 saturated carbocycles. The molecule has 0 aromatic heterocycles. The second kappa shape index (κ2) is 7.01. The average Bonchev–Trinajstić information content (AvgIpc) is 2.93. The van der Waals surface area contributed by atoms with Crippen molar-refractivity contribution in [2.24, 2.45) is 16.7 Å². The van der Waals surface area contributed by atoms with Crippen molar-refractivity contribution >= 4 is 17.5 Å². The molecule has 0 radical (unpaired) electrons. The molecule has 0 unspecified atom stereocenters. The number of nitrogens with zero attached hydrogens (tertiary/aromatic N) is 2. The molecule has 6 heteroatoms. The Morgan fingerprint density at radius 2 is 1.72 bits per heavy atom. The van der Waals surface area contributed by atoms with Gasteiger partial charge in [0.05, 0.1) is 6.67 Å². The van der Waals surface area contributed by atoms with Crippen molar-refractivity contribution in [2.45, 2.75) is 46.1 Å². The molecule has 2 heterocycles. The Labute approximate surface area is 174 Å². The van der Waals surface area contributed by atoms with Gasteiger partial charge >= 0.3 is 0 Å². The number of carbonyl (C=O) groups is 2. The minimum atomic E-state index is -0.441. The number of anilines is 1. The van der Waals surface area contributed by atoms with Crippen molar-refractivity contribution in [1.29, 1.82) is 0 Å². The monoisotopic (exact) mass is 398 g/mol. The van der Waals surface area contributed by atoms with Gasteiger partial charge < -0.3 is 20.4 Å². The predicted molar refractivity (Wildman–Crippen MR) is 114 cm³/mol. The molecule has 0 atom stereocenters. The molecule has 1 aliphatic carbocycles. The molecule has 2 N–H and O–H groups in total. The zero-order valence-corrected chi connectivity index (χ0v) is 18.1. The van der Waals surface area contributed by atoms with Crippen molar-refractivity contribution in [2.75, 3.05) is 37.7 Å². The molecular formula is C23H34N4O2. The quantitative estimate of drug-likeness (QED) is 0.798. The van der Waals surface area contributed by atoms with Gasteiger partial charge in [0.2, 0.25) is 11.8 Å². The number of piperidine rings is 1. The second-order valence-corrected chi connectivity index (χ2v) is 9.97. The van der Waals surface area contributed by atoms with Crippen LogP contribution in [0, 0.1) is 16.7 Å². The number of hydrogen-bond acceptors (Lipinski definition) is 4. The third-order valence-corrected chi connectivity index (χ3v) is 8.10. The highest BCUT2D eigenvalue weighted by atomic mass is 16.2. The summed E-state index contributed by atoms with van der Waals surface area (Å²) in [6.07, 6.45) is 1.62. The highest BCUT2D eigenvalue weighted by Gasteiger charge is 2.68.